The first-order valence-corrected chi connectivity index (χ1v) is 7.67. The van der Waals surface area contributed by atoms with Crippen molar-refractivity contribution in [1.82, 2.24) is 16.0 Å². The van der Waals surface area contributed by atoms with Gasteiger partial charge >= 0.3 is 6.09 Å². The highest BCUT2D eigenvalue weighted by Gasteiger charge is 2.24. The van der Waals surface area contributed by atoms with E-state index in [9.17, 15) is 14.4 Å². The summed E-state index contributed by atoms with van der Waals surface area (Å²) in [5, 5.41) is 7.83. The molecule has 0 radical (unpaired) electrons. The highest BCUT2D eigenvalue weighted by Crippen LogP contribution is 2.04. The van der Waals surface area contributed by atoms with E-state index in [0.717, 1.165) is 5.56 Å². The number of ether oxygens (including phenoxy) is 1. The van der Waals surface area contributed by atoms with Crippen LogP contribution in [0.5, 0.6) is 0 Å². The van der Waals surface area contributed by atoms with E-state index in [4.69, 9.17) is 4.74 Å². The molecule has 1 heterocycles. The van der Waals surface area contributed by atoms with E-state index in [2.05, 4.69) is 16.0 Å². The molecule has 0 aromatic heterocycles. The first-order chi connectivity index (χ1) is 11.1. The molecule has 0 spiro atoms. The van der Waals surface area contributed by atoms with Gasteiger partial charge in [-0.05, 0) is 24.8 Å². The van der Waals surface area contributed by atoms with E-state index in [1.807, 2.05) is 30.3 Å². The lowest BCUT2D eigenvalue weighted by molar-refractivity contribution is -0.133. The molecule has 2 rings (SSSR count). The van der Waals surface area contributed by atoms with Crippen LogP contribution in [-0.2, 0) is 20.9 Å². The summed E-state index contributed by atoms with van der Waals surface area (Å²) in [4.78, 5) is 34.2. The molecule has 0 unspecified atom stereocenters. The van der Waals surface area contributed by atoms with E-state index >= 15 is 0 Å². The Kier molecular flexibility index (Phi) is 6.40. The van der Waals surface area contributed by atoms with Crippen LogP contribution >= 0.6 is 0 Å². The normalized spacial score (nSPS) is 17.1. The highest BCUT2D eigenvalue weighted by atomic mass is 16.5. The Morgan fingerprint density at radius 1 is 1.22 bits per heavy atom. The summed E-state index contributed by atoms with van der Waals surface area (Å²) in [5.74, 6) is -0.336. The molecule has 7 heteroatoms. The van der Waals surface area contributed by atoms with Crippen molar-refractivity contribution in [2.24, 2.45) is 0 Å². The number of alkyl carbamates (subject to hydrolysis) is 1. The lowest BCUT2D eigenvalue weighted by atomic mass is 10.1. The van der Waals surface area contributed by atoms with Crippen LogP contribution in [0.1, 0.15) is 24.8 Å². The van der Waals surface area contributed by atoms with Gasteiger partial charge in [-0.15, -0.1) is 0 Å². The summed E-state index contributed by atoms with van der Waals surface area (Å²) >= 11 is 0. The van der Waals surface area contributed by atoms with Crippen molar-refractivity contribution in [1.29, 1.82) is 0 Å². The van der Waals surface area contributed by atoms with E-state index < -0.39 is 12.1 Å². The third kappa shape index (κ3) is 5.98. The zero-order valence-corrected chi connectivity index (χ0v) is 12.8. The maximum absolute atomic E-state index is 11.5. The topological polar surface area (TPSA) is 96.5 Å². The third-order valence-corrected chi connectivity index (χ3v) is 3.47. The second-order valence-electron chi connectivity index (χ2n) is 5.31. The average molecular weight is 319 g/mol. The van der Waals surface area contributed by atoms with Gasteiger partial charge in [-0.25, -0.2) is 4.79 Å². The predicted octanol–water partition coefficient (Wildman–Crippen LogP) is 0.698. The van der Waals surface area contributed by atoms with Gasteiger partial charge in [-0.2, -0.15) is 0 Å². The van der Waals surface area contributed by atoms with Crippen molar-refractivity contribution in [3.8, 4) is 0 Å². The van der Waals surface area contributed by atoms with Crippen LogP contribution in [0.2, 0.25) is 0 Å². The number of rotatable bonds is 7. The number of hydrogen-bond donors (Lipinski definition) is 3. The fraction of sp³-hybridized carbons (Fsp3) is 0.438. The quantitative estimate of drug-likeness (QED) is 0.645. The minimum Gasteiger partial charge on any atom is -0.450 e. The average Bonchev–Trinajstić information content (AvgIpc) is 2.56. The molecule has 1 aliphatic rings. The highest BCUT2D eigenvalue weighted by molar-refractivity contribution is 5.94. The lowest BCUT2D eigenvalue weighted by Crippen LogP contribution is -2.56. The Morgan fingerprint density at radius 3 is 2.78 bits per heavy atom. The summed E-state index contributed by atoms with van der Waals surface area (Å²) < 4.78 is 5.06. The standard InChI is InChI=1S/C16H21N3O4/c20-14-11-17-15(21)13(19-14)8-4-5-9-23-16(22)18-10-12-6-2-1-3-7-12/h1-3,6-7,13H,4-5,8-11H2,(H,17,21)(H,18,22)(H,19,20)/t13-/m0/s1. The number of carbonyl (C=O) groups is 3. The summed E-state index contributed by atoms with van der Waals surface area (Å²) in [6, 6.07) is 9.08. The molecule has 1 fully saturated rings. The third-order valence-electron chi connectivity index (χ3n) is 3.47. The van der Waals surface area contributed by atoms with Gasteiger partial charge in [-0.1, -0.05) is 30.3 Å². The Morgan fingerprint density at radius 2 is 2.00 bits per heavy atom. The van der Waals surface area contributed by atoms with E-state index in [0.29, 0.717) is 25.8 Å². The fourth-order valence-electron chi connectivity index (χ4n) is 2.24. The second-order valence-corrected chi connectivity index (χ2v) is 5.31. The molecule has 0 saturated carbocycles. The van der Waals surface area contributed by atoms with Crippen LogP contribution < -0.4 is 16.0 Å². The minimum absolute atomic E-state index is 0.0417. The molecule has 23 heavy (non-hydrogen) atoms. The Bertz CT molecular complexity index is 548. The van der Waals surface area contributed by atoms with Gasteiger partial charge in [0.15, 0.2) is 0 Å². The molecule has 0 bridgehead atoms. The van der Waals surface area contributed by atoms with Crippen molar-refractivity contribution in [2.75, 3.05) is 13.2 Å². The van der Waals surface area contributed by atoms with Crippen LogP contribution in [0.25, 0.3) is 0 Å². The number of piperazine rings is 1. The summed E-state index contributed by atoms with van der Waals surface area (Å²) in [5.41, 5.74) is 1.00. The van der Waals surface area contributed by atoms with Crippen molar-refractivity contribution in [3.63, 3.8) is 0 Å². The molecular formula is C16H21N3O4. The molecule has 0 aliphatic carbocycles. The van der Waals surface area contributed by atoms with Crippen LogP contribution in [0.15, 0.2) is 30.3 Å². The van der Waals surface area contributed by atoms with Crippen LogP contribution in [0, 0.1) is 0 Å². The van der Waals surface area contributed by atoms with Gasteiger partial charge in [0.25, 0.3) is 0 Å². The lowest BCUT2D eigenvalue weighted by Gasteiger charge is -2.22. The van der Waals surface area contributed by atoms with Gasteiger partial charge in [-0.3, -0.25) is 9.59 Å². The molecule has 3 N–H and O–H groups in total. The van der Waals surface area contributed by atoms with E-state index in [1.165, 1.54) is 0 Å². The molecule has 1 atom stereocenters. The monoisotopic (exact) mass is 319 g/mol. The molecule has 124 valence electrons. The van der Waals surface area contributed by atoms with Crippen molar-refractivity contribution >= 4 is 17.9 Å². The molecule has 1 aliphatic heterocycles. The first-order valence-electron chi connectivity index (χ1n) is 7.67. The molecule has 3 amide bonds. The van der Waals surface area contributed by atoms with Gasteiger partial charge in [0.1, 0.15) is 6.04 Å². The largest absolute Gasteiger partial charge is 0.450 e. The van der Waals surface area contributed by atoms with Gasteiger partial charge in [0.2, 0.25) is 11.8 Å². The van der Waals surface area contributed by atoms with Gasteiger partial charge in [0.05, 0.1) is 13.2 Å². The number of nitrogens with one attached hydrogen (secondary N) is 3. The molecule has 7 nitrogen and oxygen atoms in total. The van der Waals surface area contributed by atoms with Crippen LogP contribution in [-0.4, -0.2) is 37.1 Å². The maximum atomic E-state index is 11.5. The molecular weight excluding hydrogens is 298 g/mol. The second kappa shape index (κ2) is 8.77. The smallest absolute Gasteiger partial charge is 0.407 e. The summed E-state index contributed by atoms with van der Waals surface area (Å²) in [6.45, 7) is 0.747. The summed E-state index contributed by atoms with van der Waals surface area (Å²) in [6.07, 6.45) is 1.40. The van der Waals surface area contributed by atoms with Crippen molar-refractivity contribution < 1.29 is 19.1 Å². The van der Waals surface area contributed by atoms with E-state index in [1.54, 1.807) is 0 Å². The predicted molar refractivity (Wildman–Crippen MR) is 83.4 cm³/mol. The SMILES string of the molecule is O=C1CNC(=O)[C@H](CCCCOC(=O)NCc2ccccc2)N1. The summed E-state index contributed by atoms with van der Waals surface area (Å²) in [7, 11) is 0. The number of unbranched alkanes of at least 4 members (excludes halogenated alkanes) is 1. The van der Waals surface area contributed by atoms with Gasteiger partial charge in [0, 0.05) is 6.54 Å². The Balaban J connectivity index is 1.54. The zero-order valence-electron chi connectivity index (χ0n) is 12.8. The Hall–Kier alpha value is -2.57. The zero-order chi connectivity index (χ0) is 16.5. The van der Waals surface area contributed by atoms with E-state index in [-0.39, 0.29) is 25.0 Å². The first kappa shape index (κ1) is 16.8. The fourth-order valence-corrected chi connectivity index (χ4v) is 2.24. The number of hydrogen-bond acceptors (Lipinski definition) is 4. The van der Waals surface area contributed by atoms with Gasteiger partial charge < -0.3 is 20.7 Å². The molecule has 1 aromatic rings. The van der Waals surface area contributed by atoms with Crippen molar-refractivity contribution in [3.05, 3.63) is 35.9 Å². The number of carbonyl (C=O) groups excluding carboxylic acids is 3. The Labute approximate surface area is 134 Å². The van der Waals surface area contributed by atoms with Crippen LogP contribution in [0.4, 0.5) is 4.79 Å². The number of benzene rings is 1. The minimum atomic E-state index is -0.483. The number of amides is 3. The molecule has 1 saturated heterocycles. The van der Waals surface area contributed by atoms with Crippen molar-refractivity contribution in [2.45, 2.75) is 31.8 Å². The maximum Gasteiger partial charge on any atom is 0.407 e. The molecule has 1 aromatic carbocycles. The van der Waals surface area contributed by atoms with Crippen LogP contribution in [0.3, 0.4) is 0 Å².